The van der Waals surface area contributed by atoms with Gasteiger partial charge in [0.15, 0.2) is 0 Å². The molecule has 2 aromatic carbocycles. The van der Waals surface area contributed by atoms with Crippen LogP contribution in [0.2, 0.25) is 10.0 Å². The molecule has 0 saturated carbocycles. The fourth-order valence-electron chi connectivity index (χ4n) is 2.88. The SMILES string of the molecule is O=C(c1cccc(Cl)c1Cl)N1CCN(c2ccccc2[N+](=O)[O-])CC1. The van der Waals surface area contributed by atoms with Gasteiger partial charge in [-0.1, -0.05) is 41.4 Å². The lowest BCUT2D eigenvalue weighted by atomic mass is 10.1. The Morgan fingerprint density at radius 2 is 1.68 bits per heavy atom. The van der Waals surface area contributed by atoms with Crippen LogP contribution >= 0.6 is 23.2 Å². The number of nitro benzene ring substituents is 1. The molecule has 0 aromatic heterocycles. The first-order chi connectivity index (χ1) is 12.0. The summed E-state index contributed by atoms with van der Waals surface area (Å²) in [5.41, 5.74) is 1.01. The first-order valence-electron chi connectivity index (χ1n) is 7.70. The van der Waals surface area contributed by atoms with E-state index in [4.69, 9.17) is 23.2 Å². The Kier molecular flexibility index (Phi) is 5.11. The van der Waals surface area contributed by atoms with Crippen LogP contribution in [0.15, 0.2) is 42.5 Å². The maximum atomic E-state index is 12.6. The van der Waals surface area contributed by atoms with E-state index in [1.165, 1.54) is 6.07 Å². The Labute approximate surface area is 154 Å². The van der Waals surface area contributed by atoms with Gasteiger partial charge in [-0.15, -0.1) is 0 Å². The van der Waals surface area contributed by atoms with Crippen molar-refractivity contribution in [2.45, 2.75) is 0 Å². The highest BCUT2D eigenvalue weighted by Crippen LogP contribution is 2.30. The molecule has 1 fully saturated rings. The van der Waals surface area contributed by atoms with Gasteiger partial charge < -0.3 is 9.80 Å². The van der Waals surface area contributed by atoms with Gasteiger partial charge in [-0.2, -0.15) is 0 Å². The Balaban J connectivity index is 1.73. The third-order valence-corrected chi connectivity index (χ3v) is 4.99. The Bertz CT molecular complexity index is 821. The molecular weight excluding hydrogens is 365 g/mol. The molecule has 0 radical (unpaired) electrons. The second-order valence-corrected chi connectivity index (χ2v) is 6.41. The van der Waals surface area contributed by atoms with E-state index in [1.54, 1.807) is 41.3 Å². The van der Waals surface area contributed by atoms with Gasteiger partial charge in [0, 0.05) is 32.2 Å². The second kappa shape index (κ2) is 7.29. The number of carbonyl (C=O) groups excluding carboxylic acids is 1. The third kappa shape index (κ3) is 3.55. The maximum Gasteiger partial charge on any atom is 0.292 e. The van der Waals surface area contributed by atoms with Gasteiger partial charge in [-0.25, -0.2) is 0 Å². The minimum absolute atomic E-state index is 0.0696. The van der Waals surface area contributed by atoms with E-state index in [0.29, 0.717) is 42.5 Å². The molecule has 3 rings (SSSR count). The largest absolute Gasteiger partial charge is 0.362 e. The van der Waals surface area contributed by atoms with Crippen molar-refractivity contribution in [3.05, 3.63) is 68.2 Å². The number of carbonyl (C=O) groups is 1. The predicted octanol–water partition coefficient (Wildman–Crippen LogP) is 3.86. The summed E-state index contributed by atoms with van der Waals surface area (Å²) in [6.07, 6.45) is 0. The molecule has 0 atom stereocenters. The van der Waals surface area contributed by atoms with Crippen LogP contribution in [0.3, 0.4) is 0 Å². The quantitative estimate of drug-likeness (QED) is 0.599. The van der Waals surface area contributed by atoms with Gasteiger partial charge in [0.05, 0.1) is 20.5 Å². The third-order valence-electron chi connectivity index (χ3n) is 4.17. The summed E-state index contributed by atoms with van der Waals surface area (Å²) in [5.74, 6) is -0.185. The molecule has 0 N–H and O–H groups in total. The molecule has 1 aliphatic rings. The van der Waals surface area contributed by atoms with Crippen molar-refractivity contribution in [3.63, 3.8) is 0 Å². The van der Waals surface area contributed by atoms with Gasteiger partial charge in [0.1, 0.15) is 5.69 Å². The first-order valence-corrected chi connectivity index (χ1v) is 8.46. The number of benzene rings is 2. The first kappa shape index (κ1) is 17.5. The zero-order chi connectivity index (χ0) is 18.0. The van der Waals surface area contributed by atoms with E-state index < -0.39 is 4.92 Å². The fraction of sp³-hybridized carbons (Fsp3) is 0.235. The van der Waals surface area contributed by atoms with Crippen LogP contribution in [0.25, 0.3) is 0 Å². The second-order valence-electron chi connectivity index (χ2n) is 5.63. The molecule has 2 aromatic rings. The van der Waals surface area contributed by atoms with Crippen molar-refractivity contribution in [2.75, 3.05) is 31.1 Å². The lowest BCUT2D eigenvalue weighted by Gasteiger charge is -2.36. The van der Waals surface area contributed by atoms with E-state index >= 15 is 0 Å². The molecule has 0 unspecified atom stereocenters. The molecule has 1 aliphatic heterocycles. The maximum absolute atomic E-state index is 12.6. The van der Waals surface area contributed by atoms with E-state index in [2.05, 4.69) is 0 Å². The molecular formula is C17H15Cl2N3O3. The van der Waals surface area contributed by atoms with Crippen LogP contribution in [-0.2, 0) is 0 Å². The highest BCUT2D eigenvalue weighted by atomic mass is 35.5. The van der Waals surface area contributed by atoms with E-state index in [0.717, 1.165) is 0 Å². The lowest BCUT2D eigenvalue weighted by molar-refractivity contribution is -0.384. The van der Waals surface area contributed by atoms with E-state index in [9.17, 15) is 14.9 Å². The average molecular weight is 380 g/mol. The average Bonchev–Trinajstić information content (AvgIpc) is 2.63. The molecule has 8 heteroatoms. The molecule has 1 saturated heterocycles. The van der Waals surface area contributed by atoms with Crippen molar-refractivity contribution < 1.29 is 9.72 Å². The molecule has 0 bridgehead atoms. The summed E-state index contributed by atoms with van der Waals surface area (Å²) in [5, 5.41) is 11.8. The number of para-hydroxylation sites is 2. The molecule has 6 nitrogen and oxygen atoms in total. The Morgan fingerprint density at radius 1 is 1.00 bits per heavy atom. The Morgan fingerprint density at radius 3 is 2.36 bits per heavy atom. The topological polar surface area (TPSA) is 66.7 Å². The van der Waals surface area contributed by atoms with Gasteiger partial charge in [-0.05, 0) is 18.2 Å². The number of rotatable bonds is 3. The minimum atomic E-state index is -0.390. The van der Waals surface area contributed by atoms with Gasteiger partial charge in [0.2, 0.25) is 0 Å². The Hall–Kier alpha value is -2.31. The zero-order valence-corrected chi connectivity index (χ0v) is 14.7. The van der Waals surface area contributed by atoms with Gasteiger partial charge >= 0.3 is 0 Å². The normalized spacial score (nSPS) is 14.5. The van der Waals surface area contributed by atoms with Crippen LogP contribution in [0, 0.1) is 10.1 Å². The number of nitro groups is 1. The summed E-state index contributed by atoms with van der Waals surface area (Å²) >= 11 is 12.1. The van der Waals surface area contributed by atoms with E-state index in [1.807, 2.05) is 4.90 Å². The highest BCUT2D eigenvalue weighted by Gasteiger charge is 2.27. The zero-order valence-electron chi connectivity index (χ0n) is 13.2. The summed E-state index contributed by atoms with van der Waals surface area (Å²) in [4.78, 5) is 27.0. The highest BCUT2D eigenvalue weighted by molar-refractivity contribution is 6.43. The van der Waals surface area contributed by atoms with Crippen molar-refractivity contribution in [3.8, 4) is 0 Å². The molecule has 0 spiro atoms. The van der Waals surface area contributed by atoms with Crippen molar-refractivity contribution >= 4 is 40.5 Å². The lowest BCUT2D eigenvalue weighted by Crippen LogP contribution is -2.49. The smallest absolute Gasteiger partial charge is 0.292 e. The van der Waals surface area contributed by atoms with Crippen LogP contribution in [0.4, 0.5) is 11.4 Å². The number of anilines is 1. The van der Waals surface area contributed by atoms with Gasteiger partial charge in [0.25, 0.3) is 11.6 Å². The number of piperazine rings is 1. The van der Waals surface area contributed by atoms with Crippen molar-refractivity contribution in [2.24, 2.45) is 0 Å². The van der Waals surface area contributed by atoms with Gasteiger partial charge in [-0.3, -0.25) is 14.9 Å². The summed E-state index contributed by atoms with van der Waals surface area (Å²) < 4.78 is 0. The number of hydrogen-bond acceptors (Lipinski definition) is 4. The fourth-order valence-corrected chi connectivity index (χ4v) is 3.26. The monoisotopic (exact) mass is 379 g/mol. The summed E-state index contributed by atoms with van der Waals surface area (Å²) in [7, 11) is 0. The van der Waals surface area contributed by atoms with Crippen molar-refractivity contribution in [1.29, 1.82) is 0 Å². The number of hydrogen-bond donors (Lipinski definition) is 0. The molecule has 25 heavy (non-hydrogen) atoms. The van der Waals surface area contributed by atoms with E-state index in [-0.39, 0.29) is 16.6 Å². The van der Waals surface area contributed by atoms with Crippen LogP contribution in [-0.4, -0.2) is 41.9 Å². The number of amides is 1. The predicted molar refractivity (Wildman–Crippen MR) is 97.7 cm³/mol. The molecule has 1 heterocycles. The summed E-state index contributed by atoms with van der Waals surface area (Å²) in [6.45, 7) is 1.92. The van der Waals surface area contributed by atoms with Crippen LogP contribution in [0.1, 0.15) is 10.4 Å². The van der Waals surface area contributed by atoms with Crippen LogP contribution in [0.5, 0.6) is 0 Å². The number of nitrogens with zero attached hydrogens (tertiary/aromatic N) is 3. The number of halogens is 2. The van der Waals surface area contributed by atoms with Crippen molar-refractivity contribution in [1.82, 2.24) is 4.90 Å². The minimum Gasteiger partial charge on any atom is -0.362 e. The molecule has 1 amide bonds. The standard InChI is InChI=1S/C17H15Cl2N3O3/c18-13-5-3-4-12(16(13)19)17(23)21-10-8-20(9-11-21)14-6-1-2-7-15(14)22(24)25/h1-7H,8-11H2. The molecule has 0 aliphatic carbocycles. The molecule has 130 valence electrons. The van der Waals surface area contributed by atoms with Crippen LogP contribution < -0.4 is 4.90 Å². The summed E-state index contributed by atoms with van der Waals surface area (Å²) in [6, 6.07) is 11.6.